The van der Waals surface area contributed by atoms with E-state index in [0.29, 0.717) is 5.76 Å². The molecule has 1 aromatic heterocycles. The van der Waals surface area contributed by atoms with Crippen LogP contribution >= 0.6 is 0 Å². The van der Waals surface area contributed by atoms with Gasteiger partial charge < -0.3 is 10.2 Å². The van der Waals surface area contributed by atoms with Gasteiger partial charge in [0.2, 0.25) is 5.91 Å². The van der Waals surface area contributed by atoms with E-state index in [-0.39, 0.29) is 12.3 Å². The van der Waals surface area contributed by atoms with Gasteiger partial charge in [0.1, 0.15) is 11.5 Å². The molecule has 1 rings (SSSR count). The molecule has 0 bridgehead atoms. The Morgan fingerprint density at radius 3 is 2.80 bits per heavy atom. The highest BCUT2D eigenvalue weighted by Crippen LogP contribution is 2.05. The Morgan fingerprint density at radius 2 is 2.40 bits per heavy atom. The summed E-state index contributed by atoms with van der Waals surface area (Å²) in [5, 5.41) is 0. The first-order chi connectivity index (χ1) is 4.68. The second-order valence-corrected chi connectivity index (χ2v) is 2.16. The summed E-state index contributed by atoms with van der Waals surface area (Å²) in [5.74, 6) is 1.07. The first-order valence-corrected chi connectivity index (χ1v) is 3.02. The summed E-state index contributed by atoms with van der Waals surface area (Å²) in [4.78, 5) is 10.3. The van der Waals surface area contributed by atoms with Gasteiger partial charge in [0.25, 0.3) is 0 Å². The van der Waals surface area contributed by atoms with Crippen molar-refractivity contribution in [3.05, 3.63) is 23.7 Å². The van der Waals surface area contributed by atoms with Crippen LogP contribution in [0.15, 0.2) is 16.5 Å². The predicted octanol–water partition coefficient (Wildman–Crippen LogP) is 0.616. The molecule has 54 valence electrons. The van der Waals surface area contributed by atoms with E-state index in [1.165, 1.54) is 0 Å². The van der Waals surface area contributed by atoms with Crippen molar-refractivity contribution in [1.82, 2.24) is 0 Å². The van der Waals surface area contributed by atoms with E-state index in [1.54, 1.807) is 12.1 Å². The van der Waals surface area contributed by atoms with Crippen LogP contribution < -0.4 is 5.73 Å². The molecule has 1 heterocycles. The highest BCUT2D eigenvalue weighted by atomic mass is 16.3. The summed E-state index contributed by atoms with van der Waals surface area (Å²) in [6.07, 6.45) is 0.188. The molecule has 0 fully saturated rings. The standard InChI is InChI=1S/C7H9NO2/c1-5-2-3-6(10-5)4-7(8)9/h2-3H,4H2,1H3,(H2,8,9). The molecule has 0 aliphatic carbocycles. The van der Waals surface area contributed by atoms with Gasteiger partial charge in [-0.25, -0.2) is 0 Å². The van der Waals surface area contributed by atoms with Crippen LogP contribution in [0.3, 0.4) is 0 Å². The van der Waals surface area contributed by atoms with Gasteiger partial charge in [0, 0.05) is 0 Å². The van der Waals surface area contributed by atoms with Gasteiger partial charge in [-0.05, 0) is 19.1 Å². The van der Waals surface area contributed by atoms with Crippen LogP contribution in [-0.4, -0.2) is 5.91 Å². The molecule has 0 unspecified atom stereocenters. The van der Waals surface area contributed by atoms with E-state index >= 15 is 0 Å². The largest absolute Gasteiger partial charge is 0.466 e. The number of hydrogen-bond donors (Lipinski definition) is 1. The summed E-state index contributed by atoms with van der Waals surface area (Å²) in [6.45, 7) is 1.82. The van der Waals surface area contributed by atoms with Gasteiger partial charge in [-0.1, -0.05) is 0 Å². The lowest BCUT2D eigenvalue weighted by atomic mass is 10.3. The average molecular weight is 139 g/mol. The van der Waals surface area contributed by atoms with Gasteiger partial charge in [-0.15, -0.1) is 0 Å². The third-order valence-electron chi connectivity index (χ3n) is 1.14. The molecule has 0 aliphatic heterocycles. The number of amides is 1. The van der Waals surface area contributed by atoms with Crippen LogP contribution in [0.4, 0.5) is 0 Å². The zero-order valence-electron chi connectivity index (χ0n) is 5.76. The fourth-order valence-corrected chi connectivity index (χ4v) is 0.752. The minimum absolute atomic E-state index is 0.188. The quantitative estimate of drug-likeness (QED) is 0.652. The number of furan rings is 1. The molecule has 2 N–H and O–H groups in total. The second kappa shape index (κ2) is 2.56. The molecule has 1 amide bonds. The van der Waals surface area contributed by atoms with Crippen molar-refractivity contribution in [2.75, 3.05) is 0 Å². The number of aryl methyl sites for hydroxylation is 1. The van der Waals surface area contributed by atoms with Gasteiger partial charge in [0.15, 0.2) is 0 Å². The Bertz CT molecular complexity index is 240. The van der Waals surface area contributed by atoms with Crippen LogP contribution in [0.2, 0.25) is 0 Å². The van der Waals surface area contributed by atoms with Crippen molar-refractivity contribution in [3.8, 4) is 0 Å². The summed E-state index contributed by atoms with van der Waals surface area (Å²) >= 11 is 0. The molecule has 1 aromatic rings. The highest BCUT2D eigenvalue weighted by Gasteiger charge is 2.00. The SMILES string of the molecule is Cc1ccc(CC(N)=O)o1. The first kappa shape index (κ1) is 6.86. The molecule has 3 heteroatoms. The van der Waals surface area contributed by atoms with Crippen molar-refractivity contribution >= 4 is 5.91 Å². The zero-order valence-corrected chi connectivity index (χ0v) is 5.76. The van der Waals surface area contributed by atoms with E-state index in [1.807, 2.05) is 6.92 Å². The Morgan fingerprint density at radius 1 is 1.70 bits per heavy atom. The fourth-order valence-electron chi connectivity index (χ4n) is 0.752. The smallest absolute Gasteiger partial charge is 0.225 e. The van der Waals surface area contributed by atoms with Crippen LogP contribution in [0.1, 0.15) is 11.5 Å². The molecule has 0 aromatic carbocycles. The monoisotopic (exact) mass is 139 g/mol. The number of primary amides is 1. The molecular weight excluding hydrogens is 130 g/mol. The van der Waals surface area contributed by atoms with Crippen molar-refractivity contribution in [3.63, 3.8) is 0 Å². The lowest BCUT2D eigenvalue weighted by molar-refractivity contribution is -0.117. The lowest BCUT2D eigenvalue weighted by Crippen LogP contribution is -2.12. The van der Waals surface area contributed by atoms with Crippen LogP contribution in [0.5, 0.6) is 0 Å². The molecule has 3 nitrogen and oxygen atoms in total. The summed E-state index contributed by atoms with van der Waals surface area (Å²) in [7, 11) is 0. The summed E-state index contributed by atoms with van der Waals surface area (Å²) in [6, 6.07) is 3.55. The summed E-state index contributed by atoms with van der Waals surface area (Å²) in [5.41, 5.74) is 4.93. The molecule has 0 radical (unpaired) electrons. The van der Waals surface area contributed by atoms with Crippen LogP contribution in [0.25, 0.3) is 0 Å². The maximum atomic E-state index is 10.3. The van der Waals surface area contributed by atoms with Gasteiger partial charge in [0.05, 0.1) is 6.42 Å². The Hall–Kier alpha value is -1.25. The topological polar surface area (TPSA) is 56.2 Å². The highest BCUT2D eigenvalue weighted by molar-refractivity contribution is 5.75. The number of carbonyl (C=O) groups excluding carboxylic acids is 1. The number of carbonyl (C=O) groups is 1. The minimum Gasteiger partial charge on any atom is -0.466 e. The normalized spacial score (nSPS) is 9.70. The molecule has 0 atom stereocenters. The zero-order chi connectivity index (χ0) is 7.56. The van der Waals surface area contributed by atoms with Crippen LogP contribution in [0, 0.1) is 6.92 Å². The van der Waals surface area contributed by atoms with Gasteiger partial charge >= 0.3 is 0 Å². The number of rotatable bonds is 2. The maximum Gasteiger partial charge on any atom is 0.225 e. The Labute approximate surface area is 58.8 Å². The number of nitrogens with two attached hydrogens (primary N) is 1. The Balaban J connectivity index is 2.67. The lowest BCUT2D eigenvalue weighted by Gasteiger charge is -1.88. The van der Waals surface area contributed by atoms with Gasteiger partial charge in [-0.3, -0.25) is 4.79 Å². The van der Waals surface area contributed by atoms with Crippen LogP contribution in [-0.2, 0) is 11.2 Å². The third kappa shape index (κ3) is 1.62. The van der Waals surface area contributed by atoms with E-state index in [2.05, 4.69) is 0 Å². The van der Waals surface area contributed by atoms with Crippen molar-refractivity contribution in [1.29, 1.82) is 0 Å². The predicted molar refractivity (Wildman–Crippen MR) is 36.3 cm³/mol. The van der Waals surface area contributed by atoms with E-state index in [4.69, 9.17) is 10.2 Å². The molecule has 0 saturated carbocycles. The van der Waals surface area contributed by atoms with Crippen molar-refractivity contribution in [2.24, 2.45) is 5.73 Å². The molecular formula is C7H9NO2. The number of hydrogen-bond acceptors (Lipinski definition) is 2. The fraction of sp³-hybridized carbons (Fsp3) is 0.286. The first-order valence-electron chi connectivity index (χ1n) is 3.02. The van der Waals surface area contributed by atoms with Crippen molar-refractivity contribution in [2.45, 2.75) is 13.3 Å². The Kier molecular flexibility index (Phi) is 1.76. The minimum atomic E-state index is -0.366. The second-order valence-electron chi connectivity index (χ2n) is 2.16. The van der Waals surface area contributed by atoms with E-state index in [0.717, 1.165) is 5.76 Å². The molecule has 0 saturated heterocycles. The summed E-state index contributed by atoms with van der Waals surface area (Å²) < 4.78 is 5.09. The van der Waals surface area contributed by atoms with E-state index in [9.17, 15) is 4.79 Å². The molecule has 0 spiro atoms. The maximum absolute atomic E-state index is 10.3. The molecule has 10 heavy (non-hydrogen) atoms. The van der Waals surface area contributed by atoms with Crippen molar-refractivity contribution < 1.29 is 9.21 Å². The van der Waals surface area contributed by atoms with Gasteiger partial charge in [-0.2, -0.15) is 0 Å². The third-order valence-corrected chi connectivity index (χ3v) is 1.14. The average Bonchev–Trinajstić information content (AvgIpc) is 2.13. The van der Waals surface area contributed by atoms with E-state index < -0.39 is 0 Å². The molecule has 0 aliphatic rings.